The summed E-state index contributed by atoms with van der Waals surface area (Å²) in [7, 11) is 0. The smallest absolute Gasteiger partial charge is 0.284 e. The summed E-state index contributed by atoms with van der Waals surface area (Å²) in [4.78, 5) is 21.2. The highest BCUT2D eigenvalue weighted by molar-refractivity contribution is 5.70. The summed E-state index contributed by atoms with van der Waals surface area (Å²) >= 11 is 0. The van der Waals surface area contributed by atoms with Crippen molar-refractivity contribution in [2.45, 2.75) is 20.4 Å². The quantitative estimate of drug-likeness (QED) is 0.569. The zero-order valence-corrected chi connectivity index (χ0v) is 13.2. The Morgan fingerprint density at radius 3 is 2.67 bits per heavy atom. The lowest BCUT2D eigenvalue weighted by Crippen LogP contribution is -2.21. The first-order valence-electron chi connectivity index (χ1n) is 7.42. The molecule has 0 unspecified atom stereocenters. The summed E-state index contributed by atoms with van der Waals surface area (Å²) in [6.07, 6.45) is 1.46. The number of fused-ring (bicyclic) bond motifs is 1. The predicted octanol–water partition coefficient (Wildman–Crippen LogP) is 1.63. The van der Waals surface area contributed by atoms with E-state index in [1.807, 2.05) is 44.2 Å². The lowest BCUT2D eigenvalue weighted by atomic mass is 10.3. The van der Waals surface area contributed by atoms with Crippen LogP contribution in [0.2, 0.25) is 0 Å². The maximum absolute atomic E-state index is 12.6. The number of nitrogens with zero attached hydrogens (tertiary/aromatic N) is 6. The standard InChI is InChI=1S/C16H14N6O2/c1-10-11(2)24-13(18-10)8-21-9-17-15-14(16(21)23)19-20-22(15)12-6-4-3-5-7-12/h3-7,9H,8H2,1-2H3. The topological polar surface area (TPSA) is 91.6 Å². The van der Waals surface area contributed by atoms with Crippen LogP contribution in [-0.2, 0) is 6.54 Å². The lowest BCUT2D eigenvalue weighted by molar-refractivity contribution is 0.453. The molecule has 0 bridgehead atoms. The molecule has 1 aromatic carbocycles. The molecule has 0 amide bonds. The highest BCUT2D eigenvalue weighted by Crippen LogP contribution is 2.12. The molecule has 3 heterocycles. The van der Waals surface area contributed by atoms with Gasteiger partial charge in [-0.25, -0.2) is 9.97 Å². The van der Waals surface area contributed by atoms with E-state index in [-0.39, 0.29) is 17.6 Å². The molecule has 120 valence electrons. The molecule has 0 saturated carbocycles. The van der Waals surface area contributed by atoms with Crippen LogP contribution in [0.1, 0.15) is 17.3 Å². The van der Waals surface area contributed by atoms with Gasteiger partial charge >= 0.3 is 0 Å². The Morgan fingerprint density at radius 2 is 1.96 bits per heavy atom. The maximum Gasteiger partial charge on any atom is 0.284 e. The molecule has 0 aliphatic carbocycles. The highest BCUT2D eigenvalue weighted by Gasteiger charge is 2.14. The van der Waals surface area contributed by atoms with Gasteiger partial charge in [-0.3, -0.25) is 9.36 Å². The van der Waals surface area contributed by atoms with Gasteiger partial charge in [-0.05, 0) is 26.0 Å². The van der Waals surface area contributed by atoms with Crippen molar-refractivity contribution in [2.75, 3.05) is 0 Å². The summed E-state index contributed by atoms with van der Waals surface area (Å²) in [6, 6.07) is 9.43. The van der Waals surface area contributed by atoms with Crippen LogP contribution in [0.25, 0.3) is 16.9 Å². The van der Waals surface area contributed by atoms with Crippen molar-refractivity contribution in [3.8, 4) is 5.69 Å². The van der Waals surface area contributed by atoms with Crippen LogP contribution in [0.15, 0.2) is 45.9 Å². The SMILES string of the molecule is Cc1nc(Cn2cnc3c(nnn3-c3ccccc3)c2=O)oc1C. The third kappa shape index (κ3) is 2.28. The molecule has 0 fully saturated rings. The Labute approximate surface area is 136 Å². The Kier molecular flexibility index (Phi) is 3.23. The number of rotatable bonds is 3. The summed E-state index contributed by atoms with van der Waals surface area (Å²) < 4.78 is 8.48. The monoisotopic (exact) mass is 322 g/mol. The summed E-state index contributed by atoms with van der Waals surface area (Å²) in [5.41, 5.74) is 1.95. The average Bonchev–Trinajstić information content (AvgIpc) is 3.15. The Balaban J connectivity index is 1.78. The van der Waals surface area contributed by atoms with Crippen molar-refractivity contribution in [3.63, 3.8) is 0 Å². The van der Waals surface area contributed by atoms with E-state index in [0.29, 0.717) is 11.5 Å². The first-order valence-corrected chi connectivity index (χ1v) is 7.42. The molecule has 0 radical (unpaired) electrons. The second kappa shape index (κ2) is 5.41. The normalized spacial score (nSPS) is 11.2. The van der Waals surface area contributed by atoms with Crippen LogP contribution >= 0.6 is 0 Å². The molecule has 0 atom stereocenters. The van der Waals surface area contributed by atoms with E-state index in [4.69, 9.17) is 4.42 Å². The van der Waals surface area contributed by atoms with Crippen molar-refractivity contribution in [1.82, 2.24) is 29.5 Å². The van der Waals surface area contributed by atoms with Crippen molar-refractivity contribution >= 4 is 11.2 Å². The van der Waals surface area contributed by atoms with Crippen LogP contribution < -0.4 is 5.56 Å². The van der Waals surface area contributed by atoms with Crippen molar-refractivity contribution in [3.05, 3.63) is 64.4 Å². The molecule has 4 rings (SSSR count). The first-order chi connectivity index (χ1) is 11.6. The van der Waals surface area contributed by atoms with Gasteiger partial charge in [-0.2, -0.15) is 4.68 Å². The van der Waals surface area contributed by atoms with Crippen LogP contribution in [0.5, 0.6) is 0 Å². The van der Waals surface area contributed by atoms with Gasteiger partial charge in [0.15, 0.2) is 11.2 Å². The molecule has 8 heteroatoms. The number of oxazole rings is 1. The number of hydrogen-bond acceptors (Lipinski definition) is 6. The van der Waals surface area contributed by atoms with Gasteiger partial charge in [-0.1, -0.05) is 23.4 Å². The van der Waals surface area contributed by atoms with E-state index < -0.39 is 0 Å². The zero-order valence-electron chi connectivity index (χ0n) is 13.2. The average molecular weight is 322 g/mol. The molecular weight excluding hydrogens is 308 g/mol. The lowest BCUT2D eigenvalue weighted by Gasteiger charge is -2.03. The van der Waals surface area contributed by atoms with Crippen LogP contribution in [-0.4, -0.2) is 29.5 Å². The Hall–Kier alpha value is -3.29. The van der Waals surface area contributed by atoms with Crippen LogP contribution in [0.3, 0.4) is 0 Å². The molecular formula is C16H14N6O2. The first kappa shape index (κ1) is 14.3. The summed E-state index contributed by atoms with van der Waals surface area (Å²) in [6.45, 7) is 3.90. The molecule has 0 aliphatic heterocycles. The fourth-order valence-corrected chi connectivity index (χ4v) is 2.45. The molecule has 4 aromatic rings. The number of para-hydroxylation sites is 1. The number of aryl methyl sites for hydroxylation is 2. The van der Waals surface area contributed by atoms with Crippen LogP contribution in [0, 0.1) is 13.8 Å². The summed E-state index contributed by atoms with van der Waals surface area (Å²) in [5, 5.41) is 8.03. The van der Waals surface area contributed by atoms with E-state index in [9.17, 15) is 4.79 Å². The molecule has 24 heavy (non-hydrogen) atoms. The van der Waals surface area contributed by atoms with Crippen LogP contribution in [0.4, 0.5) is 0 Å². The van der Waals surface area contributed by atoms with Gasteiger partial charge in [0.05, 0.1) is 11.4 Å². The van der Waals surface area contributed by atoms with E-state index >= 15 is 0 Å². The number of hydrogen-bond donors (Lipinski definition) is 0. The predicted molar refractivity (Wildman–Crippen MR) is 86.0 cm³/mol. The van der Waals surface area contributed by atoms with E-state index in [0.717, 1.165) is 17.1 Å². The van der Waals surface area contributed by atoms with Gasteiger partial charge in [0.2, 0.25) is 5.89 Å². The maximum atomic E-state index is 12.6. The minimum absolute atomic E-state index is 0.203. The molecule has 0 aliphatic rings. The largest absolute Gasteiger partial charge is 0.444 e. The van der Waals surface area contributed by atoms with Crippen molar-refractivity contribution in [2.24, 2.45) is 0 Å². The second-order valence-electron chi connectivity index (χ2n) is 5.44. The third-order valence-electron chi connectivity index (χ3n) is 3.81. The fourth-order valence-electron chi connectivity index (χ4n) is 2.45. The Bertz CT molecular complexity index is 1060. The van der Waals surface area contributed by atoms with E-state index in [1.54, 1.807) is 4.68 Å². The van der Waals surface area contributed by atoms with Gasteiger partial charge in [-0.15, -0.1) is 5.10 Å². The van der Waals surface area contributed by atoms with E-state index in [2.05, 4.69) is 20.3 Å². The highest BCUT2D eigenvalue weighted by atomic mass is 16.4. The molecule has 0 N–H and O–H groups in total. The van der Waals surface area contributed by atoms with Gasteiger partial charge in [0.1, 0.15) is 18.6 Å². The minimum Gasteiger partial charge on any atom is -0.444 e. The summed E-state index contributed by atoms with van der Waals surface area (Å²) in [5.74, 6) is 1.20. The van der Waals surface area contributed by atoms with Gasteiger partial charge in [0.25, 0.3) is 5.56 Å². The molecule has 0 spiro atoms. The molecule has 0 saturated heterocycles. The Morgan fingerprint density at radius 1 is 1.17 bits per heavy atom. The number of aromatic nitrogens is 6. The fraction of sp³-hybridized carbons (Fsp3) is 0.188. The van der Waals surface area contributed by atoms with Crippen molar-refractivity contribution < 1.29 is 4.42 Å². The molecule has 8 nitrogen and oxygen atoms in total. The van der Waals surface area contributed by atoms with Gasteiger partial charge < -0.3 is 4.42 Å². The second-order valence-corrected chi connectivity index (χ2v) is 5.44. The number of benzene rings is 1. The van der Waals surface area contributed by atoms with Crippen molar-refractivity contribution in [1.29, 1.82) is 0 Å². The zero-order chi connectivity index (χ0) is 16.7. The van der Waals surface area contributed by atoms with E-state index in [1.165, 1.54) is 10.9 Å². The third-order valence-corrected chi connectivity index (χ3v) is 3.81. The molecule has 3 aromatic heterocycles. The van der Waals surface area contributed by atoms with Gasteiger partial charge in [0, 0.05) is 0 Å². The minimum atomic E-state index is -0.282.